The van der Waals surface area contributed by atoms with Gasteiger partial charge < -0.3 is 5.32 Å². The van der Waals surface area contributed by atoms with Crippen LogP contribution in [0.1, 0.15) is 55.2 Å². The van der Waals surface area contributed by atoms with Gasteiger partial charge in [-0.3, -0.25) is 0 Å². The maximum Gasteiger partial charge on any atom is 0.110 e. The zero-order valence-electron chi connectivity index (χ0n) is 11.1. The van der Waals surface area contributed by atoms with Gasteiger partial charge in [-0.2, -0.15) is 0 Å². The van der Waals surface area contributed by atoms with E-state index in [-0.39, 0.29) is 0 Å². The molecule has 92 valence electrons. The Morgan fingerprint density at radius 1 is 1.31 bits per heavy atom. The first kappa shape index (κ1) is 13.7. The van der Waals surface area contributed by atoms with Gasteiger partial charge in [0.05, 0.1) is 11.7 Å². The van der Waals surface area contributed by atoms with Crippen LogP contribution >= 0.6 is 11.3 Å². The summed E-state index contributed by atoms with van der Waals surface area (Å²) in [6.45, 7) is 12.0. The van der Waals surface area contributed by atoms with Crippen molar-refractivity contribution in [3.05, 3.63) is 15.6 Å². The van der Waals surface area contributed by atoms with Crippen LogP contribution in [0.3, 0.4) is 0 Å². The Labute approximate surface area is 103 Å². The second kappa shape index (κ2) is 6.36. The number of thiazole rings is 1. The Morgan fingerprint density at radius 3 is 2.44 bits per heavy atom. The van der Waals surface area contributed by atoms with Crippen LogP contribution in [-0.4, -0.2) is 11.5 Å². The lowest BCUT2D eigenvalue weighted by Crippen LogP contribution is -2.26. The third kappa shape index (κ3) is 3.29. The molecule has 1 aromatic rings. The smallest absolute Gasteiger partial charge is 0.110 e. The molecular formula is C13H24N2S. The minimum atomic E-state index is 0.433. The van der Waals surface area contributed by atoms with Crippen LogP contribution in [0.4, 0.5) is 0 Å². The highest BCUT2D eigenvalue weighted by Gasteiger charge is 2.21. The van der Waals surface area contributed by atoms with Crippen molar-refractivity contribution < 1.29 is 0 Å². The van der Waals surface area contributed by atoms with E-state index in [1.54, 1.807) is 0 Å². The van der Waals surface area contributed by atoms with Gasteiger partial charge in [0.1, 0.15) is 5.01 Å². The number of hydrogen-bond donors (Lipinski definition) is 1. The minimum Gasteiger partial charge on any atom is -0.308 e. The van der Waals surface area contributed by atoms with Crippen molar-refractivity contribution in [1.82, 2.24) is 10.3 Å². The molecule has 0 radical (unpaired) electrons. The van der Waals surface area contributed by atoms with Crippen LogP contribution < -0.4 is 5.32 Å². The van der Waals surface area contributed by atoms with Crippen molar-refractivity contribution in [3.63, 3.8) is 0 Å². The normalized spacial score (nSPS) is 15.1. The summed E-state index contributed by atoms with van der Waals surface area (Å²) >= 11 is 1.84. The molecule has 0 aliphatic heterocycles. The molecule has 16 heavy (non-hydrogen) atoms. The second-order valence-corrected chi connectivity index (χ2v) is 5.73. The molecule has 0 bridgehead atoms. The van der Waals surface area contributed by atoms with Gasteiger partial charge in [0.25, 0.3) is 0 Å². The lowest BCUT2D eigenvalue weighted by molar-refractivity contribution is 0.368. The van der Waals surface area contributed by atoms with Crippen molar-refractivity contribution in [1.29, 1.82) is 0 Å². The maximum absolute atomic E-state index is 4.69. The summed E-state index contributed by atoms with van der Waals surface area (Å²) in [4.78, 5) is 6.04. The first-order valence-corrected chi connectivity index (χ1v) is 7.09. The zero-order valence-corrected chi connectivity index (χ0v) is 11.9. The van der Waals surface area contributed by atoms with Crippen molar-refractivity contribution in [2.45, 2.75) is 53.5 Å². The quantitative estimate of drug-likeness (QED) is 0.817. The first-order valence-electron chi connectivity index (χ1n) is 6.27. The SMILES string of the molecule is CCCC(C)C(NCC)c1nc(C)c(C)s1. The summed E-state index contributed by atoms with van der Waals surface area (Å²) in [5, 5.41) is 4.83. The van der Waals surface area contributed by atoms with E-state index in [0.29, 0.717) is 12.0 Å². The van der Waals surface area contributed by atoms with Crippen molar-refractivity contribution in [2.24, 2.45) is 5.92 Å². The Bertz CT molecular complexity index is 300. The summed E-state index contributed by atoms with van der Waals surface area (Å²) in [6.07, 6.45) is 2.50. The Morgan fingerprint density at radius 2 is 2.00 bits per heavy atom. The third-order valence-electron chi connectivity index (χ3n) is 3.05. The van der Waals surface area contributed by atoms with E-state index in [1.165, 1.54) is 28.4 Å². The minimum absolute atomic E-state index is 0.433. The van der Waals surface area contributed by atoms with Crippen LogP contribution in [0, 0.1) is 19.8 Å². The molecule has 2 unspecified atom stereocenters. The number of nitrogens with zero attached hydrogens (tertiary/aromatic N) is 1. The average molecular weight is 240 g/mol. The van der Waals surface area contributed by atoms with Gasteiger partial charge in [-0.05, 0) is 32.7 Å². The van der Waals surface area contributed by atoms with E-state index in [2.05, 4.69) is 44.9 Å². The predicted molar refractivity (Wildman–Crippen MR) is 72.1 cm³/mol. The second-order valence-electron chi connectivity index (χ2n) is 4.50. The van der Waals surface area contributed by atoms with E-state index in [1.807, 2.05) is 11.3 Å². The lowest BCUT2D eigenvalue weighted by atomic mass is 9.97. The Kier molecular flexibility index (Phi) is 5.42. The van der Waals surface area contributed by atoms with Crippen LogP contribution in [0.15, 0.2) is 0 Å². The fourth-order valence-electron chi connectivity index (χ4n) is 2.00. The molecule has 1 heterocycles. The van der Waals surface area contributed by atoms with Crippen molar-refractivity contribution in [2.75, 3.05) is 6.54 Å². The van der Waals surface area contributed by atoms with Gasteiger partial charge in [0, 0.05) is 4.88 Å². The van der Waals surface area contributed by atoms with E-state index >= 15 is 0 Å². The van der Waals surface area contributed by atoms with Crippen LogP contribution in [0.2, 0.25) is 0 Å². The van der Waals surface area contributed by atoms with Crippen LogP contribution in [-0.2, 0) is 0 Å². The average Bonchev–Trinajstić information content (AvgIpc) is 2.55. The van der Waals surface area contributed by atoms with Gasteiger partial charge in [-0.15, -0.1) is 11.3 Å². The van der Waals surface area contributed by atoms with Gasteiger partial charge >= 0.3 is 0 Å². The monoisotopic (exact) mass is 240 g/mol. The molecule has 1 aromatic heterocycles. The van der Waals surface area contributed by atoms with E-state index < -0.39 is 0 Å². The summed E-state index contributed by atoms with van der Waals surface area (Å²) < 4.78 is 0. The van der Waals surface area contributed by atoms with Gasteiger partial charge in [0.15, 0.2) is 0 Å². The number of nitrogens with one attached hydrogen (secondary N) is 1. The molecule has 0 fully saturated rings. The van der Waals surface area contributed by atoms with Crippen LogP contribution in [0.25, 0.3) is 0 Å². The van der Waals surface area contributed by atoms with E-state index in [9.17, 15) is 0 Å². The highest BCUT2D eigenvalue weighted by Crippen LogP contribution is 2.30. The van der Waals surface area contributed by atoms with Crippen molar-refractivity contribution >= 4 is 11.3 Å². The van der Waals surface area contributed by atoms with Crippen molar-refractivity contribution in [3.8, 4) is 0 Å². The fourth-order valence-corrected chi connectivity index (χ4v) is 3.14. The molecule has 0 aliphatic carbocycles. The summed E-state index contributed by atoms with van der Waals surface area (Å²) in [5.74, 6) is 0.662. The highest BCUT2D eigenvalue weighted by atomic mass is 32.1. The van der Waals surface area contributed by atoms with Crippen LogP contribution in [0.5, 0.6) is 0 Å². The molecular weight excluding hydrogens is 216 g/mol. The zero-order chi connectivity index (χ0) is 12.1. The molecule has 0 saturated heterocycles. The topological polar surface area (TPSA) is 24.9 Å². The highest BCUT2D eigenvalue weighted by molar-refractivity contribution is 7.11. The Balaban J connectivity index is 2.83. The van der Waals surface area contributed by atoms with E-state index in [0.717, 1.165) is 6.54 Å². The lowest BCUT2D eigenvalue weighted by Gasteiger charge is -2.22. The first-order chi connectivity index (χ1) is 7.60. The number of rotatable bonds is 6. The standard InChI is InChI=1S/C13H24N2S/c1-6-8-9(3)12(14-7-2)13-15-10(4)11(5)16-13/h9,12,14H,6-8H2,1-5H3. The molecule has 0 aliphatic rings. The molecule has 0 saturated carbocycles. The maximum atomic E-state index is 4.69. The summed E-state index contributed by atoms with van der Waals surface area (Å²) in [7, 11) is 0. The molecule has 2 nitrogen and oxygen atoms in total. The fraction of sp³-hybridized carbons (Fsp3) is 0.769. The summed E-state index contributed by atoms with van der Waals surface area (Å²) in [6, 6.07) is 0.433. The van der Waals surface area contributed by atoms with E-state index in [4.69, 9.17) is 0 Å². The molecule has 1 rings (SSSR count). The summed E-state index contributed by atoms with van der Waals surface area (Å²) in [5.41, 5.74) is 1.19. The Hall–Kier alpha value is -0.410. The number of hydrogen-bond acceptors (Lipinski definition) is 3. The number of aromatic nitrogens is 1. The predicted octanol–water partition coefficient (Wildman–Crippen LogP) is 3.85. The molecule has 3 heteroatoms. The number of aryl methyl sites for hydroxylation is 2. The molecule has 0 amide bonds. The van der Waals surface area contributed by atoms with Gasteiger partial charge in [-0.25, -0.2) is 4.98 Å². The largest absolute Gasteiger partial charge is 0.308 e. The molecule has 2 atom stereocenters. The molecule has 0 spiro atoms. The van der Waals surface area contributed by atoms with Gasteiger partial charge in [0.2, 0.25) is 0 Å². The third-order valence-corrected chi connectivity index (χ3v) is 4.20. The molecule has 0 aromatic carbocycles. The van der Waals surface area contributed by atoms with Gasteiger partial charge in [-0.1, -0.05) is 27.2 Å². The molecule has 1 N–H and O–H groups in total.